The first-order chi connectivity index (χ1) is 7.35. The fourth-order valence-electron chi connectivity index (χ4n) is 2.04. The van der Waals surface area contributed by atoms with Gasteiger partial charge in [-0.1, -0.05) is 6.07 Å². The molecule has 2 rings (SSSR count). The molecule has 0 saturated carbocycles. The molecule has 1 saturated heterocycles. The monoisotopic (exact) mass is 239 g/mol. The summed E-state index contributed by atoms with van der Waals surface area (Å²) in [7, 11) is 0. The lowest BCUT2D eigenvalue weighted by molar-refractivity contribution is 0.645. The van der Waals surface area contributed by atoms with E-state index >= 15 is 0 Å². The van der Waals surface area contributed by atoms with Gasteiger partial charge in [-0.05, 0) is 49.6 Å². The van der Waals surface area contributed by atoms with Crippen LogP contribution in [0.4, 0.5) is 0 Å². The first kappa shape index (κ1) is 11.4. The van der Waals surface area contributed by atoms with Crippen LogP contribution in [0, 0.1) is 0 Å². The van der Waals surface area contributed by atoms with E-state index in [-0.39, 0.29) is 0 Å². The first-order valence-electron chi connectivity index (χ1n) is 5.30. The maximum absolute atomic E-state index is 3.55. The molecule has 0 spiro atoms. The fourth-order valence-corrected chi connectivity index (χ4v) is 3.53. The molecule has 3 heteroatoms. The number of thioether (sulfide) groups is 2. The van der Waals surface area contributed by atoms with Gasteiger partial charge in [0.15, 0.2) is 0 Å². The predicted octanol–water partition coefficient (Wildman–Crippen LogP) is 3.55. The van der Waals surface area contributed by atoms with Gasteiger partial charge in [-0.2, -0.15) is 0 Å². The van der Waals surface area contributed by atoms with E-state index in [0.29, 0.717) is 6.04 Å². The van der Waals surface area contributed by atoms with Gasteiger partial charge >= 0.3 is 0 Å². The molecule has 0 aromatic heterocycles. The molecule has 1 fully saturated rings. The van der Waals surface area contributed by atoms with Crippen LogP contribution in [0.5, 0.6) is 0 Å². The molecule has 1 aliphatic rings. The molecule has 1 atom stereocenters. The second-order valence-corrected chi connectivity index (χ2v) is 5.46. The molecule has 1 nitrogen and oxygen atoms in total. The van der Waals surface area contributed by atoms with Gasteiger partial charge in [-0.3, -0.25) is 0 Å². The van der Waals surface area contributed by atoms with Crippen LogP contribution < -0.4 is 5.32 Å². The van der Waals surface area contributed by atoms with E-state index in [1.54, 1.807) is 0 Å². The number of hydrogen-bond donors (Lipinski definition) is 1. The zero-order valence-corrected chi connectivity index (χ0v) is 10.9. The predicted molar refractivity (Wildman–Crippen MR) is 70.0 cm³/mol. The van der Waals surface area contributed by atoms with Crippen LogP contribution in [-0.2, 0) is 0 Å². The van der Waals surface area contributed by atoms with Gasteiger partial charge in [0.05, 0.1) is 0 Å². The number of rotatable bonds is 3. The van der Waals surface area contributed by atoms with Crippen LogP contribution in [0.2, 0.25) is 0 Å². The Balaban J connectivity index is 2.25. The maximum atomic E-state index is 3.55. The number of hydrogen-bond acceptors (Lipinski definition) is 3. The summed E-state index contributed by atoms with van der Waals surface area (Å²) in [6, 6.07) is 7.46. The van der Waals surface area contributed by atoms with Crippen LogP contribution in [0.1, 0.15) is 24.4 Å². The van der Waals surface area contributed by atoms with Gasteiger partial charge in [-0.15, -0.1) is 23.5 Å². The van der Waals surface area contributed by atoms with E-state index in [9.17, 15) is 0 Å². The molecule has 82 valence electrons. The second-order valence-electron chi connectivity index (χ2n) is 3.76. The Labute approximate surface area is 100 Å². The molecule has 1 aromatic rings. The smallest absolute Gasteiger partial charge is 0.0321 e. The van der Waals surface area contributed by atoms with Crippen molar-refractivity contribution in [3.8, 4) is 0 Å². The number of benzene rings is 1. The Morgan fingerprint density at radius 3 is 2.60 bits per heavy atom. The topological polar surface area (TPSA) is 12.0 Å². The van der Waals surface area contributed by atoms with Crippen molar-refractivity contribution < 1.29 is 0 Å². The van der Waals surface area contributed by atoms with Crippen LogP contribution in [0.15, 0.2) is 28.0 Å². The van der Waals surface area contributed by atoms with E-state index < -0.39 is 0 Å². The molecule has 1 aliphatic heterocycles. The van der Waals surface area contributed by atoms with Gasteiger partial charge in [0, 0.05) is 15.8 Å². The first-order valence-corrected chi connectivity index (χ1v) is 7.75. The Morgan fingerprint density at radius 1 is 1.20 bits per heavy atom. The lowest BCUT2D eigenvalue weighted by Crippen LogP contribution is -2.12. The normalized spacial score (nSPS) is 20.8. The van der Waals surface area contributed by atoms with Crippen molar-refractivity contribution in [2.75, 3.05) is 19.1 Å². The SMILES string of the molecule is CSc1ccc(C2CCCN2)cc1SC. The summed E-state index contributed by atoms with van der Waals surface area (Å²) in [6.07, 6.45) is 6.89. The molecule has 1 N–H and O–H groups in total. The van der Waals surface area contributed by atoms with Crippen molar-refractivity contribution in [2.45, 2.75) is 28.7 Å². The molecule has 15 heavy (non-hydrogen) atoms. The Bertz CT molecular complexity index is 332. The van der Waals surface area contributed by atoms with E-state index in [1.165, 1.54) is 34.7 Å². The van der Waals surface area contributed by atoms with E-state index in [4.69, 9.17) is 0 Å². The molecule has 1 aromatic carbocycles. The summed E-state index contributed by atoms with van der Waals surface area (Å²) >= 11 is 3.67. The zero-order chi connectivity index (χ0) is 10.7. The molecule has 0 amide bonds. The average Bonchev–Trinajstić information content (AvgIpc) is 2.81. The molecule has 1 unspecified atom stereocenters. The van der Waals surface area contributed by atoms with Crippen LogP contribution in [0.3, 0.4) is 0 Å². The minimum atomic E-state index is 0.590. The van der Waals surface area contributed by atoms with Gasteiger partial charge < -0.3 is 5.32 Å². The molecule has 0 bridgehead atoms. The highest BCUT2D eigenvalue weighted by Crippen LogP contribution is 2.32. The Hall–Kier alpha value is -0.120. The third-order valence-corrected chi connectivity index (χ3v) is 4.57. The molecule has 1 heterocycles. The van der Waals surface area contributed by atoms with Gasteiger partial charge in [0.25, 0.3) is 0 Å². The van der Waals surface area contributed by atoms with Gasteiger partial charge in [0.2, 0.25) is 0 Å². The minimum Gasteiger partial charge on any atom is -0.310 e. The molecule has 0 aliphatic carbocycles. The Kier molecular flexibility index (Phi) is 4.00. The van der Waals surface area contributed by atoms with E-state index in [0.717, 1.165) is 0 Å². The largest absolute Gasteiger partial charge is 0.310 e. The summed E-state index contributed by atoms with van der Waals surface area (Å²) in [5, 5.41) is 3.55. The lowest BCUT2D eigenvalue weighted by atomic mass is 10.1. The molecular weight excluding hydrogens is 222 g/mol. The number of nitrogens with one attached hydrogen (secondary N) is 1. The third-order valence-electron chi connectivity index (χ3n) is 2.87. The highest BCUT2D eigenvalue weighted by Gasteiger charge is 2.16. The average molecular weight is 239 g/mol. The van der Waals surface area contributed by atoms with Gasteiger partial charge in [0.1, 0.15) is 0 Å². The molecule has 0 radical (unpaired) electrons. The lowest BCUT2D eigenvalue weighted by Gasteiger charge is -2.13. The summed E-state index contributed by atoms with van der Waals surface area (Å²) in [5.41, 5.74) is 1.45. The summed E-state index contributed by atoms with van der Waals surface area (Å²) < 4.78 is 0. The van der Waals surface area contributed by atoms with Crippen LogP contribution in [0.25, 0.3) is 0 Å². The molecular formula is C12H17NS2. The Morgan fingerprint density at radius 2 is 2.00 bits per heavy atom. The van der Waals surface area contributed by atoms with Crippen LogP contribution in [-0.4, -0.2) is 19.1 Å². The van der Waals surface area contributed by atoms with Crippen LogP contribution >= 0.6 is 23.5 Å². The standard InChI is InChI=1S/C12H17NS2/c1-14-11-6-5-9(8-12(11)15-2)10-4-3-7-13-10/h5-6,8,10,13H,3-4,7H2,1-2H3. The van der Waals surface area contributed by atoms with E-state index in [2.05, 4.69) is 36.0 Å². The summed E-state index contributed by atoms with van der Waals surface area (Å²) in [5.74, 6) is 0. The van der Waals surface area contributed by atoms with Crippen molar-refractivity contribution in [1.29, 1.82) is 0 Å². The second kappa shape index (κ2) is 5.28. The van der Waals surface area contributed by atoms with Crippen molar-refractivity contribution in [1.82, 2.24) is 5.32 Å². The maximum Gasteiger partial charge on any atom is 0.0321 e. The third kappa shape index (κ3) is 2.52. The highest BCUT2D eigenvalue weighted by molar-refractivity contribution is 8.01. The van der Waals surface area contributed by atoms with E-state index in [1.807, 2.05) is 23.5 Å². The van der Waals surface area contributed by atoms with Crippen molar-refractivity contribution in [2.24, 2.45) is 0 Å². The van der Waals surface area contributed by atoms with Crippen molar-refractivity contribution in [3.63, 3.8) is 0 Å². The van der Waals surface area contributed by atoms with Crippen molar-refractivity contribution in [3.05, 3.63) is 23.8 Å². The van der Waals surface area contributed by atoms with Gasteiger partial charge in [-0.25, -0.2) is 0 Å². The minimum absolute atomic E-state index is 0.590. The fraction of sp³-hybridized carbons (Fsp3) is 0.500. The quantitative estimate of drug-likeness (QED) is 0.810. The zero-order valence-electron chi connectivity index (χ0n) is 9.25. The summed E-state index contributed by atoms with van der Waals surface area (Å²) in [6.45, 7) is 1.17. The van der Waals surface area contributed by atoms with Crippen molar-refractivity contribution >= 4 is 23.5 Å². The highest BCUT2D eigenvalue weighted by atomic mass is 32.2. The summed E-state index contributed by atoms with van der Waals surface area (Å²) in [4.78, 5) is 2.80.